The second kappa shape index (κ2) is 6.53. The number of furan rings is 1. The van der Waals surface area contributed by atoms with Gasteiger partial charge in [0.25, 0.3) is 0 Å². The summed E-state index contributed by atoms with van der Waals surface area (Å²) in [5.41, 5.74) is 0.918. The molecule has 0 bridgehead atoms. The molecule has 1 aliphatic rings. The Labute approximate surface area is 155 Å². The molecule has 8 heteroatoms. The summed E-state index contributed by atoms with van der Waals surface area (Å²) in [6, 6.07) is 7.08. The molecule has 0 unspecified atom stereocenters. The molecule has 0 fully saturated rings. The topological polar surface area (TPSA) is 66.0 Å². The number of halogens is 1. The van der Waals surface area contributed by atoms with E-state index in [-0.39, 0.29) is 5.76 Å². The molecule has 0 saturated carbocycles. The van der Waals surface area contributed by atoms with Crippen LogP contribution in [0.3, 0.4) is 0 Å². The van der Waals surface area contributed by atoms with E-state index < -0.39 is 5.91 Å². The van der Waals surface area contributed by atoms with Crippen molar-refractivity contribution in [3.8, 4) is 11.5 Å². The lowest BCUT2D eigenvalue weighted by Gasteiger charge is -2.18. The van der Waals surface area contributed by atoms with E-state index in [9.17, 15) is 4.79 Å². The molecule has 2 aromatic heterocycles. The van der Waals surface area contributed by atoms with Crippen molar-refractivity contribution in [3.63, 3.8) is 0 Å². The van der Waals surface area contributed by atoms with E-state index in [1.807, 2.05) is 16.7 Å². The molecule has 6 nitrogen and oxygen atoms in total. The fourth-order valence-corrected chi connectivity index (χ4v) is 3.92. The Morgan fingerprint density at radius 1 is 1.32 bits per heavy atom. The molecule has 25 heavy (non-hydrogen) atoms. The third-order valence-electron chi connectivity index (χ3n) is 3.64. The third-order valence-corrected chi connectivity index (χ3v) is 5.11. The minimum Gasteiger partial charge on any atom is -0.486 e. The normalized spacial score (nSPS) is 14.0. The van der Waals surface area contributed by atoms with Gasteiger partial charge in [0.2, 0.25) is 0 Å². The van der Waals surface area contributed by atoms with Gasteiger partial charge in [-0.3, -0.25) is 4.79 Å². The van der Waals surface area contributed by atoms with Crippen LogP contribution in [0.2, 0.25) is 0 Å². The maximum absolute atomic E-state index is 12.4. The SMILES string of the molecule is C=CCn1c(=NC(=O)c2ccc(Br)o2)sc2cc3c(cc21)OCCO3. The van der Waals surface area contributed by atoms with Gasteiger partial charge in [-0.1, -0.05) is 17.4 Å². The average Bonchev–Trinajstić information content (AvgIpc) is 3.18. The van der Waals surface area contributed by atoms with Crippen molar-refractivity contribution in [3.05, 3.63) is 52.2 Å². The number of carbonyl (C=O) groups excluding carboxylic acids is 1. The maximum atomic E-state index is 12.4. The predicted octanol–water partition coefficient (Wildman–Crippen LogP) is 3.76. The van der Waals surface area contributed by atoms with Gasteiger partial charge >= 0.3 is 5.91 Å². The van der Waals surface area contributed by atoms with Gasteiger partial charge in [0.15, 0.2) is 26.7 Å². The van der Waals surface area contributed by atoms with E-state index in [0.717, 1.165) is 10.2 Å². The molecule has 3 heterocycles. The summed E-state index contributed by atoms with van der Waals surface area (Å²) >= 11 is 4.59. The van der Waals surface area contributed by atoms with Crippen LogP contribution in [0.15, 0.2) is 51.0 Å². The van der Waals surface area contributed by atoms with Gasteiger partial charge in [0.05, 0.1) is 10.2 Å². The van der Waals surface area contributed by atoms with Crippen LogP contribution in [-0.4, -0.2) is 23.7 Å². The molecule has 1 aliphatic heterocycles. The highest BCUT2D eigenvalue weighted by molar-refractivity contribution is 9.10. The Kier molecular flexibility index (Phi) is 4.22. The highest BCUT2D eigenvalue weighted by Gasteiger charge is 2.17. The summed E-state index contributed by atoms with van der Waals surface area (Å²) in [5, 5.41) is 0. The van der Waals surface area contributed by atoms with Gasteiger partial charge in [0.1, 0.15) is 13.2 Å². The van der Waals surface area contributed by atoms with Crippen LogP contribution in [0, 0.1) is 0 Å². The number of nitrogens with zero attached hydrogens (tertiary/aromatic N) is 2. The first kappa shape index (κ1) is 16.2. The van der Waals surface area contributed by atoms with E-state index in [1.165, 1.54) is 11.3 Å². The lowest BCUT2D eigenvalue weighted by molar-refractivity contribution is 0.0970. The number of ether oxygens (including phenoxy) is 2. The van der Waals surface area contributed by atoms with Crippen LogP contribution < -0.4 is 14.3 Å². The summed E-state index contributed by atoms with van der Waals surface area (Å²) < 4.78 is 19.9. The lowest BCUT2D eigenvalue weighted by Crippen LogP contribution is -2.17. The highest BCUT2D eigenvalue weighted by Crippen LogP contribution is 2.35. The first-order chi connectivity index (χ1) is 12.2. The molecule has 0 radical (unpaired) electrons. The zero-order valence-electron chi connectivity index (χ0n) is 13.0. The van der Waals surface area contributed by atoms with E-state index in [2.05, 4.69) is 27.5 Å². The summed E-state index contributed by atoms with van der Waals surface area (Å²) in [5.74, 6) is 1.15. The van der Waals surface area contributed by atoms with Crippen molar-refractivity contribution >= 4 is 43.4 Å². The fourth-order valence-electron chi connectivity index (χ4n) is 2.57. The standard InChI is InChI=1S/C17H13BrN2O4S/c1-2-5-20-10-8-12-13(23-7-6-22-12)9-14(10)25-17(20)19-16(21)11-3-4-15(18)24-11/h2-4,8-9H,1,5-7H2. The molecule has 0 aliphatic carbocycles. The van der Waals surface area contributed by atoms with E-state index in [0.29, 0.717) is 40.7 Å². The zero-order valence-corrected chi connectivity index (χ0v) is 15.4. The molecule has 1 aromatic carbocycles. The number of amides is 1. The molecule has 0 N–H and O–H groups in total. The van der Waals surface area contributed by atoms with Crippen LogP contribution in [-0.2, 0) is 6.54 Å². The second-order valence-electron chi connectivity index (χ2n) is 5.27. The number of aromatic nitrogens is 1. The summed E-state index contributed by atoms with van der Waals surface area (Å²) in [7, 11) is 0. The third kappa shape index (κ3) is 3.03. The molecule has 3 aromatic rings. The minimum atomic E-state index is -0.438. The van der Waals surface area contributed by atoms with Gasteiger partial charge in [-0.15, -0.1) is 6.58 Å². The molecule has 0 atom stereocenters. The van der Waals surface area contributed by atoms with E-state index in [1.54, 1.807) is 18.2 Å². The summed E-state index contributed by atoms with van der Waals surface area (Å²) in [4.78, 5) is 17.1. The van der Waals surface area contributed by atoms with Crippen molar-refractivity contribution in [2.75, 3.05) is 13.2 Å². The number of hydrogen-bond donors (Lipinski definition) is 0. The average molecular weight is 421 g/mol. The Balaban J connectivity index is 1.87. The number of rotatable bonds is 3. The number of carbonyl (C=O) groups is 1. The number of hydrogen-bond acceptors (Lipinski definition) is 5. The quantitative estimate of drug-likeness (QED) is 0.605. The molecule has 0 saturated heterocycles. The van der Waals surface area contributed by atoms with Crippen LogP contribution in [0.1, 0.15) is 10.6 Å². The van der Waals surface area contributed by atoms with Crippen molar-refractivity contribution in [2.45, 2.75) is 6.54 Å². The number of allylic oxidation sites excluding steroid dienone is 1. The first-order valence-electron chi connectivity index (χ1n) is 7.54. The summed E-state index contributed by atoms with van der Waals surface area (Å²) in [6.45, 7) is 5.36. The number of benzene rings is 1. The molecule has 0 spiro atoms. The Bertz CT molecular complexity index is 1050. The number of thiazole rings is 1. The molecule has 128 valence electrons. The Hall–Kier alpha value is -2.32. The van der Waals surface area contributed by atoms with Crippen molar-refractivity contribution in [2.24, 2.45) is 4.99 Å². The summed E-state index contributed by atoms with van der Waals surface area (Å²) in [6.07, 6.45) is 1.76. The van der Waals surface area contributed by atoms with Crippen LogP contribution >= 0.6 is 27.3 Å². The smallest absolute Gasteiger partial charge is 0.315 e. The van der Waals surface area contributed by atoms with E-state index >= 15 is 0 Å². The van der Waals surface area contributed by atoms with E-state index in [4.69, 9.17) is 13.9 Å². The van der Waals surface area contributed by atoms with Gasteiger partial charge < -0.3 is 18.5 Å². The predicted molar refractivity (Wildman–Crippen MR) is 97.3 cm³/mol. The molecule has 4 rings (SSSR count). The maximum Gasteiger partial charge on any atom is 0.315 e. The largest absolute Gasteiger partial charge is 0.486 e. The first-order valence-corrected chi connectivity index (χ1v) is 9.15. The van der Waals surface area contributed by atoms with Gasteiger partial charge in [0, 0.05) is 18.7 Å². The number of fused-ring (bicyclic) bond motifs is 2. The van der Waals surface area contributed by atoms with Gasteiger partial charge in [-0.2, -0.15) is 4.99 Å². The highest BCUT2D eigenvalue weighted by atomic mass is 79.9. The molecular weight excluding hydrogens is 408 g/mol. The second-order valence-corrected chi connectivity index (χ2v) is 7.06. The van der Waals surface area contributed by atoms with Crippen molar-refractivity contribution in [1.82, 2.24) is 4.57 Å². The lowest BCUT2D eigenvalue weighted by atomic mass is 10.2. The molecule has 1 amide bonds. The van der Waals surface area contributed by atoms with Gasteiger partial charge in [-0.05, 0) is 28.1 Å². The zero-order chi connectivity index (χ0) is 17.4. The Morgan fingerprint density at radius 3 is 2.76 bits per heavy atom. The minimum absolute atomic E-state index is 0.181. The van der Waals surface area contributed by atoms with Crippen molar-refractivity contribution in [1.29, 1.82) is 0 Å². The van der Waals surface area contributed by atoms with Crippen LogP contribution in [0.5, 0.6) is 11.5 Å². The van der Waals surface area contributed by atoms with Crippen LogP contribution in [0.25, 0.3) is 10.2 Å². The Morgan fingerprint density at radius 2 is 2.08 bits per heavy atom. The molecular formula is C17H13BrN2O4S. The monoisotopic (exact) mass is 420 g/mol. The van der Waals surface area contributed by atoms with Crippen molar-refractivity contribution < 1.29 is 18.7 Å². The van der Waals surface area contributed by atoms with Crippen LogP contribution in [0.4, 0.5) is 0 Å². The van der Waals surface area contributed by atoms with Gasteiger partial charge in [-0.25, -0.2) is 0 Å². The fraction of sp³-hybridized carbons (Fsp3) is 0.176.